The van der Waals surface area contributed by atoms with Crippen molar-refractivity contribution in [2.75, 3.05) is 11.9 Å². The summed E-state index contributed by atoms with van der Waals surface area (Å²) in [5.41, 5.74) is 2.69. The number of ether oxygens (including phenoxy) is 2. The molecule has 0 fully saturated rings. The summed E-state index contributed by atoms with van der Waals surface area (Å²) < 4.78 is 10.7. The zero-order valence-electron chi connectivity index (χ0n) is 17.0. The summed E-state index contributed by atoms with van der Waals surface area (Å²) in [7, 11) is 0. The van der Waals surface area contributed by atoms with Gasteiger partial charge in [-0.05, 0) is 43.3 Å². The van der Waals surface area contributed by atoms with Gasteiger partial charge >= 0.3 is 5.97 Å². The average molecular weight is 411 g/mol. The van der Waals surface area contributed by atoms with Crippen LogP contribution in [0.2, 0.25) is 0 Å². The molecule has 0 unspecified atom stereocenters. The minimum Gasteiger partial charge on any atom is -0.482 e. The first-order valence-electron chi connectivity index (χ1n) is 9.82. The topological polar surface area (TPSA) is 73.3 Å². The number of carbonyl (C=O) groups is 1. The second kappa shape index (κ2) is 9.54. The molecule has 0 saturated carbocycles. The van der Waals surface area contributed by atoms with Crippen molar-refractivity contribution in [1.82, 2.24) is 9.97 Å². The molecule has 0 amide bonds. The number of carbonyl (C=O) groups excluding carboxylic acids is 1. The van der Waals surface area contributed by atoms with E-state index >= 15 is 0 Å². The third-order valence-electron chi connectivity index (χ3n) is 4.37. The second-order valence-electron chi connectivity index (χ2n) is 6.78. The summed E-state index contributed by atoms with van der Waals surface area (Å²) in [5.74, 6) is 1.95. The Morgan fingerprint density at radius 1 is 0.839 bits per heavy atom. The van der Waals surface area contributed by atoms with E-state index in [-0.39, 0.29) is 6.61 Å². The Morgan fingerprint density at radius 3 is 2.23 bits per heavy atom. The van der Waals surface area contributed by atoms with Gasteiger partial charge in [-0.3, -0.25) is 0 Å². The van der Waals surface area contributed by atoms with Gasteiger partial charge in [0.15, 0.2) is 6.61 Å². The van der Waals surface area contributed by atoms with Crippen LogP contribution in [0.4, 0.5) is 11.5 Å². The van der Waals surface area contributed by atoms with Crippen LogP contribution in [0, 0.1) is 6.92 Å². The fourth-order valence-corrected chi connectivity index (χ4v) is 2.96. The molecule has 0 radical (unpaired) electrons. The van der Waals surface area contributed by atoms with Gasteiger partial charge in [0.05, 0.1) is 5.69 Å². The van der Waals surface area contributed by atoms with Crippen LogP contribution in [-0.2, 0) is 4.79 Å². The third-order valence-corrected chi connectivity index (χ3v) is 4.37. The number of hydrogen-bond acceptors (Lipinski definition) is 6. The van der Waals surface area contributed by atoms with E-state index in [0.29, 0.717) is 23.1 Å². The standard InChI is InChI=1S/C25H21N3O3/c1-18-26-23(19-8-4-2-5-9-19)16-24(27-18)28-20-12-14-22(15-13-20)31-25(29)17-30-21-10-6-3-7-11-21/h2-16H,17H2,1H3,(H,26,27,28). The van der Waals surface area contributed by atoms with E-state index < -0.39 is 5.97 Å². The highest BCUT2D eigenvalue weighted by molar-refractivity contribution is 5.74. The Kier molecular flexibility index (Phi) is 6.18. The van der Waals surface area contributed by atoms with Crippen molar-refractivity contribution in [3.05, 3.63) is 96.8 Å². The predicted molar refractivity (Wildman–Crippen MR) is 120 cm³/mol. The van der Waals surface area contributed by atoms with Crippen LogP contribution >= 0.6 is 0 Å². The van der Waals surface area contributed by atoms with Crippen molar-refractivity contribution in [1.29, 1.82) is 0 Å². The van der Waals surface area contributed by atoms with E-state index in [2.05, 4.69) is 15.3 Å². The molecular formula is C25H21N3O3. The van der Waals surface area contributed by atoms with E-state index in [4.69, 9.17) is 9.47 Å². The second-order valence-corrected chi connectivity index (χ2v) is 6.78. The highest BCUT2D eigenvalue weighted by atomic mass is 16.6. The number of hydrogen-bond donors (Lipinski definition) is 1. The van der Waals surface area contributed by atoms with E-state index in [1.54, 1.807) is 24.3 Å². The summed E-state index contributed by atoms with van der Waals surface area (Å²) in [6.45, 7) is 1.70. The molecule has 0 spiro atoms. The molecule has 1 heterocycles. The number of benzene rings is 3. The molecule has 0 bridgehead atoms. The van der Waals surface area contributed by atoms with Crippen LogP contribution in [0.15, 0.2) is 91.0 Å². The molecule has 0 atom stereocenters. The first-order chi connectivity index (χ1) is 15.2. The molecule has 31 heavy (non-hydrogen) atoms. The van der Waals surface area contributed by atoms with Gasteiger partial charge in [0, 0.05) is 17.3 Å². The van der Waals surface area contributed by atoms with Gasteiger partial charge in [-0.2, -0.15) is 0 Å². The highest BCUT2D eigenvalue weighted by Gasteiger charge is 2.08. The minimum absolute atomic E-state index is 0.160. The summed E-state index contributed by atoms with van der Waals surface area (Å²) >= 11 is 0. The predicted octanol–water partition coefficient (Wildman–Crippen LogP) is 5.18. The maximum absolute atomic E-state index is 12.0. The first kappa shape index (κ1) is 20.1. The Bertz CT molecular complexity index is 1150. The van der Waals surface area contributed by atoms with Gasteiger partial charge in [-0.25, -0.2) is 14.8 Å². The largest absolute Gasteiger partial charge is 0.482 e. The number of aromatic nitrogens is 2. The molecule has 3 aromatic carbocycles. The lowest BCUT2D eigenvalue weighted by atomic mass is 10.1. The van der Waals surface area contributed by atoms with Crippen LogP contribution in [0.3, 0.4) is 0 Å². The Morgan fingerprint density at radius 2 is 1.52 bits per heavy atom. The zero-order valence-corrected chi connectivity index (χ0v) is 17.0. The van der Waals surface area contributed by atoms with Crippen LogP contribution in [0.25, 0.3) is 11.3 Å². The molecular weight excluding hydrogens is 390 g/mol. The van der Waals surface area contributed by atoms with E-state index in [1.165, 1.54) is 0 Å². The smallest absolute Gasteiger partial charge is 0.349 e. The average Bonchev–Trinajstić information content (AvgIpc) is 2.80. The van der Waals surface area contributed by atoms with Crippen molar-refractivity contribution in [2.24, 2.45) is 0 Å². The lowest BCUT2D eigenvalue weighted by Gasteiger charge is -2.10. The molecule has 4 aromatic rings. The number of aryl methyl sites for hydroxylation is 1. The lowest BCUT2D eigenvalue weighted by molar-refractivity contribution is -0.136. The number of esters is 1. The van der Waals surface area contributed by atoms with Crippen molar-refractivity contribution in [3.8, 4) is 22.8 Å². The van der Waals surface area contributed by atoms with Gasteiger partial charge in [-0.1, -0.05) is 48.5 Å². The van der Waals surface area contributed by atoms with Crippen LogP contribution in [-0.4, -0.2) is 22.5 Å². The fraction of sp³-hybridized carbons (Fsp3) is 0.0800. The summed E-state index contributed by atoms with van der Waals surface area (Å²) in [6.07, 6.45) is 0. The number of anilines is 2. The molecule has 1 N–H and O–H groups in total. The molecule has 154 valence electrons. The van der Waals surface area contributed by atoms with Crippen LogP contribution in [0.1, 0.15) is 5.82 Å². The molecule has 0 aliphatic rings. The number of para-hydroxylation sites is 1. The van der Waals surface area contributed by atoms with E-state index in [1.807, 2.05) is 73.7 Å². The Balaban J connectivity index is 1.37. The van der Waals surface area contributed by atoms with Gasteiger partial charge in [-0.15, -0.1) is 0 Å². The maximum atomic E-state index is 12.0. The fourth-order valence-electron chi connectivity index (χ4n) is 2.96. The highest BCUT2D eigenvalue weighted by Crippen LogP contribution is 2.23. The quantitative estimate of drug-likeness (QED) is 0.334. The van der Waals surface area contributed by atoms with Crippen molar-refractivity contribution in [2.45, 2.75) is 6.92 Å². The molecule has 1 aromatic heterocycles. The summed E-state index contributed by atoms with van der Waals surface area (Å²) in [5, 5.41) is 3.27. The molecule has 4 rings (SSSR count). The summed E-state index contributed by atoms with van der Waals surface area (Å²) in [4.78, 5) is 21.0. The van der Waals surface area contributed by atoms with E-state index in [9.17, 15) is 4.79 Å². The monoisotopic (exact) mass is 411 g/mol. The number of rotatable bonds is 7. The van der Waals surface area contributed by atoms with Gasteiger partial charge in [0.2, 0.25) is 0 Å². The maximum Gasteiger partial charge on any atom is 0.349 e. The number of nitrogens with one attached hydrogen (secondary N) is 1. The van der Waals surface area contributed by atoms with Gasteiger partial charge in [0.1, 0.15) is 23.1 Å². The molecule has 0 aliphatic heterocycles. The van der Waals surface area contributed by atoms with Crippen LogP contribution in [0.5, 0.6) is 11.5 Å². The van der Waals surface area contributed by atoms with Crippen molar-refractivity contribution in [3.63, 3.8) is 0 Å². The van der Waals surface area contributed by atoms with Crippen molar-refractivity contribution >= 4 is 17.5 Å². The van der Waals surface area contributed by atoms with Gasteiger partial charge < -0.3 is 14.8 Å². The molecule has 6 heteroatoms. The zero-order chi connectivity index (χ0) is 21.5. The summed E-state index contributed by atoms with van der Waals surface area (Å²) in [6, 6.07) is 28.1. The SMILES string of the molecule is Cc1nc(Nc2ccc(OC(=O)COc3ccccc3)cc2)cc(-c2ccccc2)n1. The number of nitrogens with zero attached hydrogens (tertiary/aromatic N) is 2. The van der Waals surface area contributed by atoms with E-state index in [0.717, 1.165) is 16.9 Å². The Labute approximate surface area is 180 Å². The van der Waals surface area contributed by atoms with Crippen molar-refractivity contribution < 1.29 is 14.3 Å². The lowest BCUT2D eigenvalue weighted by Crippen LogP contribution is -2.17. The molecule has 0 aliphatic carbocycles. The Hall–Kier alpha value is -4.19. The molecule has 0 saturated heterocycles. The van der Waals surface area contributed by atoms with Gasteiger partial charge in [0.25, 0.3) is 0 Å². The van der Waals surface area contributed by atoms with Crippen LogP contribution < -0.4 is 14.8 Å². The normalized spacial score (nSPS) is 10.4. The third kappa shape index (κ3) is 5.67. The first-order valence-corrected chi connectivity index (χ1v) is 9.82. The molecule has 6 nitrogen and oxygen atoms in total. The minimum atomic E-state index is -0.469.